The summed E-state index contributed by atoms with van der Waals surface area (Å²) in [4.78, 5) is 0. The van der Waals surface area contributed by atoms with Crippen LogP contribution in [0.1, 0.15) is 23.3 Å². The van der Waals surface area contributed by atoms with Gasteiger partial charge in [-0.25, -0.2) is 0 Å². The summed E-state index contributed by atoms with van der Waals surface area (Å²) in [6.07, 6.45) is -0.837. The maximum Gasteiger partial charge on any atom is 0.0983 e. The number of benzene rings is 2. The highest BCUT2D eigenvalue weighted by atomic mass is 79.9. The largest absolute Gasteiger partial charge is 0.386 e. The molecule has 0 amide bonds. The third-order valence-corrected chi connectivity index (χ3v) is 4.01. The minimum Gasteiger partial charge on any atom is -0.386 e. The van der Waals surface area contributed by atoms with Crippen molar-refractivity contribution in [2.24, 2.45) is 5.73 Å². The van der Waals surface area contributed by atoms with E-state index in [-0.39, 0.29) is 12.4 Å². The van der Waals surface area contributed by atoms with Crippen LogP contribution < -0.4 is 5.73 Å². The lowest BCUT2D eigenvalue weighted by atomic mass is 9.97. The molecule has 0 aliphatic heterocycles. The number of halogens is 4. The van der Waals surface area contributed by atoms with Gasteiger partial charge in [0, 0.05) is 14.5 Å². The van der Waals surface area contributed by atoms with Gasteiger partial charge in [-0.3, -0.25) is 0 Å². The van der Waals surface area contributed by atoms with Crippen molar-refractivity contribution in [3.63, 3.8) is 0 Å². The highest BCUT2D eigenvalue weighted by molar-refractivity contribution is 9.10. The van der Waals surface area contributed by atoms with E-state index in [0.29, 0.717) is 15.6 Å². The van der Waals surface area contributed by atoms with Crippen molar-refractivity contribution >= 4 is 51.5 Å². The summed E-state index contributed by atoms with van der Waals surface area (Å²) in [6.45, 7) is 0. The average molecular weight is 398 g/mol. The van der Waals surface area contributed by atoms with Gasteiger partial charge in [-0.2, -0.15) is 0 Å². The monoisotopic (exact) mass is 395 g/mol. The van der Waals surface area contributed by atoms with Crippen LogP contribution in [0.15, 0.2) is 46.9 Å². The number of aliphatic hydroxyl groups is 1. The second-order valence-electron chi connectivity index (χ2n) is 4.19. The topological polar surface area (TPSA) is 46.2 Å². The predicted octanol–water partition coefficient (Wildman–Crippen LogP) is 4.91. The van der Waals surface area contributed by atoms with Crippen LogP contribution in [0.3, 0.4) is 0 Å². The fourth-order valence-electron chi connectivity index (χ4n) is 1.84. The number of hydrogen-bond donors (Lipinski definition) is 2. The molecule has 6 heteroatoms. The van der Waals surface area contributed by atoms with Crippen LogP contribution in [0, 0.1) is 0 Å². The zero-order valence-electron chi connectivity index (χ0n) is 10.3. The van der Waals surface area contributed by atoms with Gasteiger partial charge in [0.05, 0.1) is 12.1 Å². The van der Waals surface area contributed by atoms with Crippen molar-refractivity contribution < 1.29 is 5.11 Å². The van der Waals surface area contributed by atoms with Crippen LogP contribution in [0.5, 0.6) is 0 Å². The van der Waals surface area contributed by atoms with Crippen LogP contribution in [0.4, 0.5) is 0 Å². The summed E-state index contributed by atoms with van der Waals surface area (Å²) < 4.78 is 0.772. The fourth-order valence-corrected chi connectivity index (χ4v) is 2.99. The quantitative estimate of drug-likeness (QED) is 0.773. The molecular formula is C14H13BrCl3NO. The first-order chi connectivity index (χ1) is 8.99. The number of aliphatic hydroxyl groups excluding tert-OH is 1. The summed E-state index contributed by atoms with van der Waals surface area (Å²) in [7, 11) is 0. The first-order valence-electron chi connectivity index (χ1n) is 5.63. The van der Waals surface area contributed by atoms with Crippen molar-refractivity contribution in [3.8, 4) is 0 Å². The van der Waals surface area contributed by atoms with Gasteiger partial charge in [0.2, 0.25) is 0 Å². The second-order valence-corrected chi connectivity index (χ2v) is 5.92. The molecule has 20 heavy (non-hydrogen) atoms. The van der Waals surface area contributed by atoms with E-state index in [4.69, 9.17) is 28.9 Å². The molecular weight excluding hydrogens is 384 g/mol. The van der Waals surface area contributed by atoms with E-state index in [9.17, 15) is 5.11 Å². The van der Waals surface area contributed by atoms with E-state index in [1.54, 1.807) is 42.5 Å². The van der Waals surface area contributed by atoms with Crippen LogP contribution in [-0.4, -0.2) is 5.11 Å². The summed E-state index contributed by atoms with van der Waals surface area (Å²) >= 11 is 15.2. The molecule has 108 valence electrons. The lowest BCUT2D eigenvalue weighted by molar-refractivity contribution is 0.146. The molecule has 0 radical (unpaired) electrons. The Balaban J connectivity index is 0.00000200. The molecule has 0 aliphatic rings. The Labute approximate surface area is 142 Å². The molecule has 0 bridgehead atoms. The molecule has 2 aromatic carbocycles. The van der Waals surface area contributed by atoms with Crippen LogP contribution in [0.2, 0.25) is 10.0 Å². The van der Waals surface area contributed by atoms with Crippen molar-refractivity contribution in [2.75, 3.05) is 0 Å². The summed E-state index contributed by atoms with van der Waals surface area (Å²) in [5.41, 5.74) is 7.58. The Morgan fingerprint density at radius 1 is 1.05 bits per heavy atom. The maximum absolute atomic E-state index is 10.3. The summed E-state index contributed by atoms with van der Waals surface area (Å²) in [6, 6.07) is 11.8. The van der Waals surface area contributed by atoms with Gasteiger partial charge in [-0.05, 0) is 35.4 Å². The minimum absolute atomic E-state index is 0. The van der Waals surface area contributed by atoms with Crippen LogP contribution in [0.25, 0.3) is 0 Å². The molecule has 3 N–H and O–H groups in total. The Morgan fingerprint density at radius 3 is 2.30 bits per heavy atom. The normalized spacial score (nSPS) is 13.4. The smallest absolute Gasteiger partial charge is 0.0983 e. The Morgan fingerprint density at radius 2 is 1.70 bits per heavy atom. The van der Waals surface area contributed by atoms with E-state index in [1.165, 1.54) is 0 Å². The van der Waals surface area contributed by atoms with Gasteiger partial charge < -0.3 is 10.8 Å². The van der Waals surface area contributed by atoms with Gasteiger partial charge >= 0.3 is 0 Å². The first-order valence-corrected chi connectivity index (χ1v) is 7.18. The lowest BCUT2D eigenvalue weighted by Gasteiger charge is -2.21. The van der Waals surface area contributed by atoms with E-state index >= 15 is 0 Å². The Kier molecular flexibility index (Phi) is 6.79. The maximum atomic E-state index is 10.3. The van der Waals surface area contributed by atoms with Gasteiger partial charge in [0.1, 0.15) is 0 Å². The fraction of sp³-hybridized carbons (Fsp3) is 0.143. The molecule has 2 atom stereocenters. The molecule has 0 spiro atoms. The number of nitrogens with two attached hydrogens (primary N) is 1. The molecule has 0 aromatic heterocycles. The van der Waals surface area contributed by atoms with Crippen LogP contribution >= 0.6 is 51.5 Å². The summed E-state index contributed by atoms with van der Waals surface area (Å²) in [5, 5.41) is 11.5. The van der Waals surface area contributed by atoms with E-state index in [0.717, 1.165) is 10.0 Å². The van der Waals surface area contributed by atoms with Crippen molar-refractivity contribution in [3.05, 3.63) is 68.1 Å². The van der Waals surface area contributed by atoms with Crippen molar-refractivity contribution in [1.82, 2.24) is 0 Å². The molecule has 0 saturated heterocycles. The van der Waals surface area contributed by atoms with Crippen molar-refractivity contribution in [1.29, 1.82) is 0 Å². The summed E-state index contributed by atoms with van der Waals surface area (Å²) in [5.74, 6) is 0. The minimum atomic E-state index is -0.837. The number of hydrogen-bond acceptors (Lipinski definition) is 2. The van der Waals surface area contributed by atoms with Gasteiger partial charge in [0.15, 0.2) is 0 Å². The standard InChI is InChI=1S/C14H12BrCl2NO.ClH/c15-12-7-10(17)4-5-11(12)13(18)14(19)8-2-1-3-9(16)6-8;/h1-7,13-14,19H,18H2;1H/t13-,14-;/m1./s1. The zero-order valence-corrected chi connectivity index (χ0v) is 14.2. The van der Waals surface area contributed by atoms with Gasteiger partial charge in [-0.1, -0.05) is 57.3 Å². The number of rotatable bonds is 3. The van der Waals surface area contributed by atoms with Crippen molar-refractivity contribution in [2.45, 2.75) is 12.1 Å². The van der Waals surface area contributed by atoms with E-state index in [1.807, 2.05) is 0 Å². The third-order valence-electron chi connectivity index (χ3n) is 2.85. The molecule has 0 aliphatic carbocycles. The molecule has 0 saturated carbocycles. The second kappa shape index (κ2) is 7.64. The van der Waals surface area contributed by atoms with Crippen LogP contribution in [-0.2, 0) is 0 Å². The van der Waals surface area contributed by atoms with E-state index in [2.05, 4.69) is 15.9 Å². The first kappa shape index (κ1) is 17.8. The zero-order chi connectivity index (χ0) is 14.0. The molecule has 0 unspecified atom stereocenters. The highest BCUT2D eigenvalue weighted by Crippen LogP contribution is 2.33. The average Bonchev–Trinajstić information content (AvgIpc) is 2.37. The lowest BCUT2D eigenvalue weighted by Crippen LogP contribution is -2.20. The molecule has 0 heterocycles. The third kappa shape index (κ3) is 4.10. The molecule has 2 nitrogen and oxygen atoms in total. The predicted molar refractivity (Wildman–Crippen MR) is 89.7 cm³/mol. The Hall–Kier alpha value is -0.290. The van der Waals surface area contributed by atoms with Gasteiger partial charge in [0.25, 0.3) is 0 Å². The molecule has 2 aromatic rings. The highest BCUT2D eigenvalue weighted by Gasteiger charge is 2.21. The molecule has 2 rings (SSSR count). The van der Waals surface area contributed by atoms with E-state index < -0.39 is 12.1 Å². The SMILES string of the molecule is Cl.N[C@H](c1ccc(Cl)cc1Br)[C@H](O)c1cccc(Cl)c1. The van der Waals surface area contributed by atoms with Gasteiger partial charge in [-0.15, -0.1) is 12.4 Å². The Bertz CT molecular complexity index is 594. The molecule has 0 fully saturated rings.